The lowest BCUT2D eigenvalue weighted by Gasteiger charge is -2.46. The average Bonchev–Trinajstić information content (AvgIpc) is 2.40. The van der Waals surface area contributed by atoms with Crippen molar-refractivity contribution in [3.05, 3.63) is 0 Å². The van der Waals surface area contributed by atoms with Crippen LogP contribution < -0.4 is 5.32 Å². The lowest BCUT2D eigenvalue weighted by molar-refractivity contribution is 0.0273. The minimum absolute atomic E-state index is 0.386. The zero-order chi connectivity index (χ0) is 12.3. The van der Waals surface area contributed by atoms with Crippen LogP contribution in [0.3, 0.4) is 0 Å². The highest BCUT2D eigenvalue weighted by molar-refractivity contribution is 4.88. The van der Waals surface area contributed by atoms with Crippen molar-refractivity contribution in [3.63, 3.8) is 0 Å². The highest BCUT2D eigenvalue weighted by Crippen LogP contribution is 2.22. The molecule has 0 spiro atoms. The van der Waals surface area contributed by atoms with Crippen LogP contribution in [0.1, 0.15) is 40.0 Å². The Morgan fingerprint density at radius 2 is 1.88 bits per heavy atom. The molecular formula is C14H29N3. The van der Waals surface area contributed by atoms with Crippen LogP contribution in [0.15, 0.2) is 0 Å². The van der Waals surface area contributed by atoms with Crippen molar-refractivity contribution >= 4 is 0 Å². The van der Waals surface area contributed by atoms with E-state index in [4.69, 9.17) is 0 Å². The molecule has 3 heteroatoms. The molecule has 0 aliphatic carbocycles. The van der Waals surface area contributed by atoms with Crippen molar-refractivity contribution in [1.82, 2.24) is 15.1 Å². The molecule has 0 amide bonds. The Hall–Kier alpha value is -0.120. The van der Waals surface area contributed by atoms with Crippen LogP contribution in [0.25, 0.3) is 0 Å². The fourth-order valence-corrected chi connectivity index (χ4v) is 3.06. The van der Waals surface area contributed by atoms with E-state index in [1.54, 1.807) is 0 Å². The molecule has 0 radical (unpaired) electrons. The van der Waals surface area contributed by atoms with Gasteiger partial charge in [-0.05, 0) is 39.7 Å². The van der Waals surface area contributed by atoms with Crippen LogP contribution in [-0.4, -0.2) is 60.6 Å². The molecule has 17 heavy (non-hydrogen) atoms. The van der Waals surface area contributed by atoms with Crippen LogP contribution in [0.5, 0.6) is 0 Å². The monoisotopic (exact) mass is 239 g/mol. The van der Waals surface area contributed by atoms with Crippen LogP contribution in [0, 0.1) is 0 Å². The molecule has 2 aliphatic rings. The van der Waals surface area contributed by atoms with Gasteiger partial charge in [0.05, 0.1) is 0 Å². The van der Waals surface area contributed by atoms with E-state index in [1.807, 2.05) is 0 Å². The van der Waals surface area contributed by atoms with Gasteiger partial charge in [-0.15, -0.1) is 0 Å². The summed E-state index contributed by atoms with van der Waals surface area (Å²) in [6, 6.07) is 0.802. The third kappa shape index (κ3) is 3.21. The lowest BCUT2D eigenvalue weighted by Crippen LogP contribution is -2.58. The van der Waals surface area contributed by atoms with Crippen LogP contribution in [-0.2, 0) is 0 Å². The first-order valence-corrected chi connectivity index (χ1v) is 7.33. The Morgan fingerprint density at radius 3 is 2.41 bits per heavy atom. The molecule has 0 bridgehead atoms. The van der Waals surface area contributed by atoms with E-state index in [2.05, 4.69) is 35.9 Å². The average molecular weight is 239 g/mol. The van der Waals surface area contributed by atoms with E-state index in [-0.39, 0.29) is 0 Å². The largest absolute Gasteiger partial charge is 0.315 e. The molecule has 2 heterocycles. The van der Waals surface area contributed by atoms with E-state index < -0.39 is 0 Å². The van der Waals surface area contributed by atoms with E-state index in [9.17, 15) is 0 Å². The zero-order valence-corrected chi connectivity index (χ0v) is 11.8. The van der Waals surface area contributed by atoms with Crippen molar-refractivity contribution < 1.29 is 0 Å². The highest BCUT2D eigenvalue weighted by Gasteiger charge is 2.30. The van der Waals surface area contributed by atoms with Gasteiger partial charge in [0.2, 0.25) is 0 Å². The smallest absolute Gasteiger partial charge is 0.0222 e. The molecule has 0 aromatic carbocycles. The number of nitrogens with zero attached hydrogens (tertiary/aromatic N) is 2. The summed E-state index contributed by atoms with van der Waals surface area (Å²) in [5.41, 5.74) is 0.386. The standard InChI is InChI=1S/C14H29N3/c1-4-14(2,3)17-10-8-16(9-11-17)13-6-5-7-15-12-13/h13,15H,4-12H2,1-3H3. The molecule has 0 aromatic rings. The quantitative estimate of drug-likeness (QED) is 0.806. The Kier molecular flexibility index (Phi) is 4.45. The van der Waals surface area contributed by atoms with Crippen molar-refractivity contribution in [2.75, 3.05) is 39.3 Å². The predicted octanol–water partition coefficient (Wildman–Crippen LogP) is 1.54. The molecule has 2 aliphatic heterocycles. The van der Waals surface area contributed by atoms with Gasteiger partial charge in [-0.2, -0.15) is 0 Å². The summed E-state index contributed by atoms with van der Waals surface area (Å²) in [7, 11) is 0. The second-order valence-electron chi connectivity index (χ2n) is 6.19. The van der Waals surface area contributed by atoms with Gasteiger partial charge in [0.25, 0.3) is 0 Å². The summed E-state index contributed by atoms with van der Waals surface area (Å²) in [4.78, 5) is 5.37. The van der Waals surface area contributed by atoms with Gasteiger partial charge in [0.1, 0.15) is 0 Å². The third-order valence-electron chi connectivity index (χ3n) is 4.82. The van der Waals surface area contributed by atoms with Crippen molar-refractivity contribution in [1.29, 1.82) is 0 Å². The summed E-state index contributed by atoms with van der Waals surface area (Å²) in [5.74, 6) is 0. The molecule has 0 aromatic heterocycles. The molecule has 1 unspecified atom stereocenters. The predicted molar refractivity (Wildman–Crippen MR) is 73.4 cm³/mol. The van der Waals surface area contributed by atoms with Gasteiger partial charge in [-0.25, -0.2) is 0 Å². The van der Waals surface area contributed by atoms with Gasteiger partial charge in [-0.3, -0.25) is 9.80 Å². The Bertz CT molecular complexity index is 226. The number of piperazine rings is 1. The Labute approximate surface area is 107 Å². The molecule has 1 N–H and O–H groups in total. The summed E-state index contributed by atoms with van der Waals surface area (Å²) < 4.78 is 0. The van der Waals surface area contributed by atoms with E-state index in [0.717, 1.165) is 6.04 Å². The summed E-state index contributed by atoms with van der Waals surface area (Å²) >= 11 is 0. The van der Waals surface area contributed by atoms with E-state index >= 15 is 0 Å². The lowest BCUT2D eigenvalue weighted by atomic mass is 9.97. The summed E-state index contributed by atoms with van der Waals surface area (Å²) in [6.45, 7) is 14.5. The fourth-order valence-electron chi connectivity index (χ4n) is 3.06. The summed E-state index contributed by atoms with van der Waals surface area (Å²) in [5, 5.41) is 3.53. The van der Waals surface area contributed by atoms with Crippen LogP contribution in [0.4, 0.5) is 0 Å². The number of rotatable bonds is 3. The SMILES string of the molecule is CCC(C)(C)N1CCN(C2CCCNC2)CC1. The zero-order valence-electron chi connectivity index (χ0n) is 11.8. The van der Waals surface area contributed by atoms with Gasteiger partial charge >= 0.3 is 0 Å². The van der Waals surface area contributed by atoms with Gasteiger partial charge in [-0.1, -0.05) is 6.92 Å². The Balaban J connectivity index is 1.81. The molecule has 100 valence electrons. The van der Waals surface area contributed by atoms with Crippen molar-refractivity contribution in [2.45, 2.75) is 51.6 Å². The molecule has 3 nitrogen and oxygen atoms in total. The molecule has 2 rings (SSSR count). The van der Waals surface area contributed by atoms with E-state index in [0.29, 0.717) is 5.54 Å². The molecule has 1 atom stereocenters. The second kappa shape index (κ2) is 5.68. The normalized spacial score (nSPS) is 29.5. The maximum absolute atomic E-state index is 3.53. The number of nitrogens with one attached hydrogen (secondary N) is 1. The molecule has 0 saturated carbocycles. The minimum atomic E-state index is 0.386. The first-order chi connectivity index (χ1) is 8.13. The third-order valence-corrected chi connectivity index (χ3v) is 4.82. The number of piperidine rings is 1. The minimum Gasteiger partial charge on any atom is -0.315 e. The van der Waals surface area contributed by atoms with Crippen LogP contribution in [0.2, 0.25) is 0 Å². The van der Waals surface area contributed by atoms with Crippen LogP contribution >= 0.6 is 0 Å². The molecule has 2 saturated heterocycles. The van der Waals surface area contributed by atoms with Crippen molar-refractivity contribution in [3.8, 4) is 0 Å². The van der Waals surface area contributed by atoms with Gasteiger partial charge in [0, 0.05) is 44.3 Å². The highest BCUT2D eigenvalue weighted by atomic mass is 15.3. The fraction of sp³-hybridized carbons (Fsp3) is 1.00. The first-order valence-electron chi connectivity index (χ1n) is 7.33. The first kappa shape index (κ1) is 13.3. The molecule has 2 fully saturated rings. The van der Waals surface area contributed by atoms with E-state index in [1.165, 1.54) is 58.5 Å². The maximum Gasteiger partial charge on any atom is 0.0222 e. The number of hydrogen-bond donors (Lipinski definition) is 1. The topological polar surface area (TPSA) is 18.5 Å². The van der Waals surface area contributed by atoms with Gasteiger partial charge < -0.3 is 5.32 Å². The summed E-state index contributed by atoms with van der Waals surface area (Å²) in [6.07, 6.45) is 3.99. The Morgan fingerprint density at radius 1 is 1.18 bits per heavy atom. The second-order valence-corrected chi connectivity index (χ2v) is 6.19. The number of hydrogen-bond acceptors (Lipinski definition) is 3. The maximum atomic E-state index is 3.53. The molecular weight excluding hydrogens is 210 g/mol. The van der Waals surface area contributed by atoms with Crippen molar-refractivity contribution in [2.24, 2.45) is 0 Å². The van der Waals surface area contributed by atoms with Gasteiger partial charge in [0.15, 0.2) is 0 Å².